The predicted molar refractivity (Wildman–Crippen MR) is 116 cm³/mol. The van der Waals surface area contributed by atoms with Crippen molar-refractivity contribution >= 4 is 40.5 Å². The second kappa shape index (κ2) is 10.1. The van der Waals surface area contributed by atoms with Gasteiger partial charge in [0.1, 0.15) is 5.82 Å². The molecule has 5 nitrogen and oxygen atoms in total. The molecule has 0 spiro atoms. The van der Waals surface area contributed by atoms with E-state index in [-0.39, 0.29) is 24.1 Å². The van der Waals surface area contributed by atoms with E-state index in [1.54, 1.807) is 35.2 Å². The number of amides is 2. The number of nitrogens with zero attached hydrogens (tertiary/aromatic N) is 1. The molecular weight excluding hydrogens is 397 g/mol. The van der Waals surface area contributed by atoms with E-state index in [4.69, 9.17) is 4.74 Å². The Morgan fingerprint density at radius 2 is 2.11 bits per heavy atom. The lowest BCUT2D eigenvalue weighted by atomic mass is 10.2. The molecule has 28 heavy (non-hydrogen) atoms. The highest BCUT2D eigenvalue weighted by Gasteiger charge is 2.24. The molecule has 1 fully saturated rings. The van der Waals surface area contributed by atoms with E-state index >= 15 is 0 Å². The van der Waals surface area contributed by atoms with Gasteiger partial charge in [-0.25, -0.2) is 9.18 Å². The first-order valence-corrected chi connectivity index (χ1v) is 11.4. The molecule has 1 aliphatic rings. The smallest absolute Gasteiger partial charge is 0.319 e. The molecule has 0 aliphatic carbocycles. The van der Waals surface area contributed by atoms with Crippen molar-refractivity contribution in [3.05, 3.63) is 46.4 Å². The van der Waals surface area contributed by atoms with Gasteiger partial charge in [0.2, 0.25) is 0 Å². The summed E-state index contributed by atoms with van der Waals surface area (Å²) in [6.45, 7) is 5.83. The van der Waals surface area contributed by atoms with E-state index in [9.17, 15) is 9.18 Å². The van der Waals surface area contributed by atoms with Gasteiger partial charge in [0.25, 0.3) is 0 Å². The molecule has 1 saturated heterocycles. The van der Waals surface area contributed by atoms with Crippen LogP contribution in [0.2, 0.25) is 0 Å². The number of thioether (sulfide) groups is 1. The van der Waals surface area contributed by atoms with Gasteiger partial charge in [-0.1, -0.05) is 6.07 Å². The standard InChI is InChI=1S/C20H26FN3O2S2/c1-14-11-24(12-15(2)26-14)19-6-5-16(10-18(19)21)23-20(25)22-7-9-27-13-17-4-3-8-28-17/h3-6,8,10,14-15H,7,9,11-13H2,1-2H3,(H2,22,23,25)/t14-,15+. The van der Waals surface area contributed by atoms with E-state index in [0.717, 1.165) is 11.5 Å². The molecule has 1 aromatic heterocycles. The van der Waals surface area contributed by atoms with E-state index in [0.29, 0.717) is 31.0 Å². The van der Waals surface area contributed by atoms with E-state index in [1.165, 1.54) is 10.9 Å². The molecule has 8 heteroatoms. The summed E-state index contributed by atoms with van der Waals surface area (Å²) < 4.78 is 20.3. The zero-order valence-corrected chi connectivity index (χ0v) is 17.7. The van der Waals surface area contributed by atoms with Crippen LogP contribution in [0.5, 0.6) is 0 Å². The molecule has 0 radical (unpaired) electrons. The zero-order valence-electron chi connectivity index (χ0n) is 16.1. The molecule has 2 heterocycles. The lowest BCUT2D eigenvalue weighted by Crippen LogP contribution is -2.45. The minimum Gasteiger partial charge on any atom is -0.372 e. The summed E-state index contributed by atoms with van der Waals surface area (Å²) in [5, 5.41) is 7.56. The van der Waals surface area contributed by atoms with Crippen molar-refractivity contribution in [1.29, 1.82) is 0 Å². The number of anilines is 2. The van der Waals surface area contributed by atoms with Gasteiger partial charge in [0, 0.05) is 41.7 Å². The third kappa shape index (κ3) is 6.12. The Bertz CT molecular complexity index is 763. The van der Waals surface area contributed by atoms with Crippen LogP contribution >= 0.6 is 23.1 Å². The minimum absolute atomic E-state index is 0.0596. The molecule has 1 aliphatic heterocycles. The third-order valence-corrected chi connectivity index (χ3v) is 6.39. The number of benzene rings is 1. The number of nitrogens with one attached hydrogen (secondary N) is 2. The summed E-state index contributed by atoms with van der Waals surface area (Å²) >= 11 is 3.51. The fraction of sp³-hybridized carbons (Fsp3) is 0.450. The Hall–Kier alpha value is -1.77. The Kier molecular flexibility index (Phi) is 7.58. The van der Waals surface area contributed by atoms with Crippen molar-refractivity contribution < 1.29 is 13.9 Å². The minimum atomic E-state index is -0.342. The third-order valence-electron chi connectivity index (χ3n) is 4.32. The van der Waals surface area contributed by atoms with Crippen LogP contribution in [0, 0.1) is 5.82 Å². The number of urea groups is 1. The largest absolute Gasteiger partial charge is 0.372 e. The Morgan fingerprint density at radius 1 is 1.32 bits per heavy atom. The average molecular weight is 424 g/mol. The summed E-state index contributed by atoms with van der Waals surface area (Å²) in [6.07, 6.45) is 0.119. The lowest BCUT2D eigenvalue weighted by Gasteiger charge is -2.37. The van der Waals surface area contributed by atoms with Gasteiger partial charge in [0.05, 0.1) is 17.9 Å². The maximum Gasteiger partial charge on any atom is 0.319 e. The second-order valence-electron chi connectivity index (χ2n) is 6.84. The molecule has 0 unspecified atom stereocenters. The number of morpholine rings is 1. The van der Waals surface area contributed by atoms with Crippen LogP contribution in [0.25, 0.3) is 0 Å². The van der Waals surface area contributed by atoms with Crippen LogP contribution in [-0.2, 0) is 10.5 Å². The van der Waals surface area contributed by atoms with E-state index in [1.807, 2.05) is 24.8 Å². The topological polar surface area (TPSA) is 53.6 Å². The van der Waals surface area contributed by atoms with Crippen LogP contribution in [0.1, 0.15) is 18.7 Å². The average Bonchev–Trinajstić information content (AvgIpc) is 3.14. The predicted octanol–water partition coefficient (Wildman–Crippen LogP) is 4.56. The molecule has 3 rings (SSSR count). The van der Waals surface area contributed by atoms with Gasteiger partial charge < -0.3 is 20.3 Å². The first-order chi connectivity index (χ1) is 13.5. The first kappa shape index (κ1) is 21.0. The van der Waals surface area contributed by atoms with Gasteiger partial charge >= 0.3 is 6.03 Å². The van der Waals surface area contributed by atoms with Crippen molar-refractivity contribution in [3.8, 4) is 0 Å². The first-order valence-electron chi connectivity index (χ1n) is 9.36. The summed E-state index contributed by atoms with van der Waals surface area (Å²) in [4.78, 5) is 15.3. The number of hydrogen-bond acceptors (Lipinski definition) is 5. The second-order valence-corrected chi connectivity index (χ2v) is 8.98. The molecule has 2 N–H and O–H groups in total. The number of rotatable bonds is 7. The molecular formula is C20H26FN3O2S2. The molecule has 1 aromatic carbocycles. The van der Waals surface area contributed by atoms with Crippen LogP contribution in [0.3, 0.4) is 0 Å². The zero-order chi connectivity index (χ0) is 19.9. The number of hydrogen-bond donors (Lipinski definition) is 2. The number of carbonyl (C=O) groups excluding carboxylic acids is 1. The van der Waals surface area contributed by atoms with Gasteiger partial charge in [0.15, 0.2) is 0 Å². The molecule has 2 amide bonds. The van der Waals surface area contributed by atoms with Gasteiger partial charge in [-0.2, -0.15) is 11.8 Å². The van der Waals surface area contributed by atoms with Gasteiger partial charge in [-0.3, -0.25) is 0 Å². The monoisotopic (exact) mass is 423 g/mol. The van der Waals surface area contributed by atoms with Gasteiger partial charge in [-0.05, 0) is 43.5 Å². The summed E-state index contributed by atoms with van der Waals surface area (Å²) in [6, 6.07) is 8.63. The van der Waals surface area contributed by atoms with Crippen LogP contribution in [-0.4, -0.2) is 43.6 Å². The maximum atomic E-state index is 14.6. The molecule has 2 atom stereocenters. The lowest BCUT2D eigenvalue weighted by molar-refractivity contribution is -0.00539. The normalized spacial score (nSPS) is 19.5. The highest BCUT2D eigenvalue weighted by molar-refractivity contribution is 7.98. The summed E-state index contributed by atoms with van der Waals surface area (Å²) in [5.41, 5.74) is 0.984. The maximum absolute atomic E-state index is 14.6. The number of carbonyl (C=O) groups is 1. The molecule has 0 saturated carbocycles. The van der Waals surface area contributed by atoms with Crippen molar-refractivity contribution in [2.45, 2.75) is 31.8 Å². The van der Waals surface area contributed by atoms with Crippen LogP contribution < -0.4 is 15.5 Å². The molecule has 0 bridgehead atoms. The van der Waals surface area contributed by atoms with Crippen molar-refractivity contribution in [1.82, 2.24) is 5.32 Å². The van der Waals surface area contributed by atoms with E-state index in [2.05, 4.69) is 22.1 Å². The number of halogens is 1. The number of ether oxygens (including phenoxy) is 1. The van der Waals surface area contributed by atoms with Crippen LogP contribution in [0.15, 0.2) is 35.7 Å². The quantitative estimate of drug-likeness (QED) is 0.641. The number of thiophene rings is 1. The highest BCUT2D eigenvalue weighted by Crippen LogP contribution is 2.26. The Balaban J connectivity index is 1.43. The van der Waals surface area contributed by atoms with Gasteiger partial charge in [-0.15, -0.1) is 11.3 Å². The van der Waals surface area contributed by atoms with E-state index < -0.39 is 0 Å². The summed E-state index contributed by atoms with van der Waals surface area (Å²) in [7, 11) is 0. The molecule has 2 aromatic rings. The SMILES string of the molecule is C[C@@H]1CN(c2ccc(NC(=O)NCCSCc3cccs3)cc2F)C[C@H](C)O1. The summed E-state index contributed by atoms with van der Waals surface area (Å²) in [5.74, 6) is 1.43. The van der Waals surface area contributed by atoms with Crippen molar-refractivity contribution in [2.75, 3.05) is 35.6 Å². The fourth-order valence-corrected chi connectivity index (χ4v) is 4.89. The Labute approximate surface area is 173 Å². The van der Waals surface area contributed by atoms with Crippen LogP contribution in [0.4, 0.5) is 20.6 Å². The molecule has 152 valence electrons. The van der Waals surface area contributed by atoms with Crippen molar-refractivity contribution in [3.63, 3.8) is 0 Å². The van der Waals surface area contributed by atoms with Crippen molar-refractivity contribution in [2.24, 2.45) is 0 Å². The Morgan fingerprint density at radius 3 is 2.79 bits per heavy atom. The fourth-order valence-electron chi connectivity index (χ4n) is 3.20. The highest BCUT2D eigenvalue weighted by atomic mass is 32.2.